The van der Waals surface area contributed by atoms with Crippen molar-refractivity contribution in [1.29, 1.82) is 0 Å². The van der Waals surface area contributed by atoms with Crippen LogP contribution in [0.1, 0.15) is 18.4 Å². The lowest BCUT2D eigenvalue weighted by Crippen LogP contribution is -2.41. The summed E-state index contributed by atoms with van der Waals surface area (Å²) in [5.74, 6) is 1.47. The van der Waals surface area contributed by atoms with Gasteiger partial charge in [0.2, 0.25) is 5.91 Å². The zero-order chi connectivity index (χ0) is 19.8. The number of halogens is 1. The van der Waals surface area contributed by atoms with Crippen molar-refractivity contribution in [2.75, 3.05) is 33.4 Å². The van der Waals surface area contributed by atoms with E-state index in [-0.39, 0.29) is 17.6 Å². The maximum atomic E-state index is 13.0. The van der Waals surface area contributed by atoms with Gasteiger partial charge in [0, 0.05) is 12.5 Å². The van der Waals surface area contributed by atoms with Crippen LogP contribution in [0.5, 0.6) is 11.5 Å². The van der Waals surface area contributed by atoms with Crippen LogP contribution in [0.2, 0.25) is 0 Å². The first kappa shape index (κ1) is 20.1. The molecule has 0 aliphatic carbocycles. The summed E-state index contributed by atoms with van der Waals surface area (Å²) in [6.07, 6.45) is 1.68. The molecule has 0 atom stereocenters. The van der Waals surface area contributed by atoms with Gasteiger partial charge in [-0.25, -0.2) is 4.39 Å². The third-order valence-corrected chi connectivity index (χ3v) is 5.01. The smallest absolute Gasteiger partial charge is 0.223 e. The minimum absolute atomic E-state index is 0.0467. The lowest BCUT2D eigenvalue weighted by Gasteiger charge is -2.31. The number of carbonyl (C=O) groups is 1. The molecule has 6 heteroatoms. The van der Waals surface area contributed by atoms with Crippen molar-refractivity contribution in [3.63, 3.8) is 0 Å². The fourth-order valence-electron chi connectivity index (χ4n) is 3.36. The zero-order valence-corrected chi connectivity index (χ0v) is 16.2. The Hall–Kier alpha value is -2.60. The summed E-state index contributed by atoms with van der Waals surface area (Å²) < 4.78 is 23.7. The van der Waals surface area contributed by atoms with Gasteiger partial charge in [0.1, 0.15) is 23.9 Å². The Morgan fingerprint density at radius 3 is 2.36 bits per heavy atom. The fraction of sp³-hybridized carbons (Fsp3) is 0.409. The molecule has 150 valence electrons. The van der Waals surface area contributed by atoms with E-state index >= 15 is 0 Å². The van der Waals surface area contributed by atoms with Gasteiger partial charge < -0.3 is 14.8 Å². The Labute approximate surface area is 165 Å². The molecule has 1 aliphatic heterocycles. The van der Waals surface area contributed by atoms with E-state index < -0.39 is 0 Å². The molecule has 0 unspecified atom stereocenters. The highest BCUT2D eigenvalue weighted by Crippen LogP contribution is 2.20. The van der Waals surface area contributed by atoms with Crippen molar-refractivity contribution in [1.82, 2.24) is 10.2 Å². The second kappa shape index (κ2) is 10.1. The van der Waals surface area contributed by atoms with Crippen molar-refractivity contribution >= 4 is 5.91 Å². The van der Waals surface area contributed by atoms with Crippen molar-refractivity contribution in [2.45, 2.75) is 19.4 Å². The van der Waals surface area contributed by atoms with Gasteiger partial charge >= 0.3 is 0 Å². The number of hydrogen-bond acceptors (Lipinski definition) is 4. The van der Waals surface area contributed by atoms with E-state index in [0.717, 1.165) is 49.5 Å². The summed E-state index contributed by atoms with van der Waals surface area (Å²) in [5.41, 5.74) is 1.10. The topological polar surface area (TPSA) is 50.8 Å². The van der Waals surface area contributed by atoms with Crippen LogP contribution in [0.15, 0.2) is 48.5 Å². The van der Waals surface area contributed by atoms with E-state index in [1.165, 1.54) is 12.1 Å². The summed E-state index contributed by atoms with van der Waals surface area (Å²) in [5, 5.41) is 2.97. The van der Waals surface area contributed by atoms with E-state index in [4.69, 9.17) is 9.47 Å². The largest absolute Gasteiger partial charge is 0.497 e. The average Bonchev–Trinajstić information content (AvgIpc) is 2.73. The highest BCUT2D eigenvalue weighted by atomic mass is 19.1. The van der Waals surface area contributed by atoms with Crippen molar-refractivity contribution in [2.24, 2.45) is 5.92 Å². The third kappa shape index (κ3) is 5.96. The van der Waals surface area contributed by atoms with Crippen LogP contribution in [-0.4, -0.2) is 44.2 Å². The first-order valence-corrected chi connectivity index (χ1v) is 9.65. The predicted octanol–water partition coefficient (Wildman–Crippen LogP) is 3.24. The highest BCUT2D eigenvalue weighted by Gasteiger charge is 2.24. The second-order valence-electron chi connectivity index (χ2n) is 6.99. The summed E-state index contributed by atoms with van der Waals surface area (Å²) in [4.78, 5) is 14.7. The molecule has 0 saturated carbocycles. The molecule has 2 aromatic rings. The quantitative estimate of drug-likeness (QED) is 0.708. The summed E-state index contributed by atoms with van der Waals surface area (Å²) in [6.45, 7) is 3.46. The molecule has 0 aromatic heterocycles. The molecule has 28 heavy (non-hydrogen) atoms. The number of benzene rings is 2. The number of amides is 1. The first-order chi connectivity index (χ1) is 13.6. The molecule has 1 heterocycles. The predicted molar refractivity (Wildman–Crippen MR) is 106 cm³/mol. The molecule has 3 rings (SSSR count). The van der Waals surface area contributed by atoms with Gasteiger partial charge in [-0.3, -0.25) is 9.69 Å². The molecule has 1 N–H and O–H groups in total. The standard InChI is InChI=1S/C22H27FN2O3/c1-27-20-6-8-21(9-7-20)28-15-12-24-22(26)18-10-13-25(14-11-18)16-17-2-4-19(23)5-3-17/h2-9,18H,10-16H2,1H3,(H,24,26). The number of piperidine rings is 1. The number of nitrogens with zero attached hydrogens (tertiary/aromatic N) is 1. The van der Waals surface area contributed by atoms with E-state index in [0.29, 0.717) is 13.2 Å². The van der Waals surface area contributed by atoms with Crippen LogP contribution in [0.3, 0.4) is 0 Å². The highest BCUT2D eigenvalue weighted by molar-refractivity contribution is 5.78. The molecule has 0 bridgehead atoms. The van der Waals surface area contributed by atoms with Gasteiger partial charge in [-0.05, 0) is 67.9 Å². The number of likely N-dealkylation sites (tertiary alicyclic amines) is 1. The fourth-order valence-corrected chi connectivity index (χ4v) is 3.36. The van der Waals surface area contributed by atoms with E-state index in [9.17, 15) is 9.18 Å². The van der Waals surface area contributed by atoms with Crippen LogP contribution in [0.4, 0.5) is 4.39 Å². The number of ether oxygens (including phenoxy) is 2. The SMILES string of the molecule is COc1ccc(OCCNC(=O)C2CCN(Cc3ccc(F)cc3)CC2)cc1. The van der Waals surface area contributed by atoms with E-state index in [1.807, 2.05) is 36.4 Å². The van der Waals surface area contributed by atoms with Gasteiger partial charge in [0.15, 0.2) is 0 Å². The van der Waals surface area contributed by atoms with Crippen LogP contribution in [0, 0.1) is 11.7 Å². The van der Waals surface area contributed by atoms with Crippen molar-refractivity contribution < 1.29 is 18.7 Å². The molecule has 1 saturated heterocycles. The molecule has 1 aliphatic rings. The zero-order valence-electron chi connectivity index (χ0n) is 16.2. The van der Waals surface area contributed by atoms with Gasteiger partial charge in [0.05, 0.1) is 13.7 Å². The van der Waals surface area contributed by atoms with Crippen LogP contribution < -0.4 is 14.8 Å². The number of nitrogens with one attached hydrogen (secondary N) is 1. The average molecular weight is 386 g/mol. The lowest BCUT2D eigenvalue weighted by atomic mass is 9.95. The summed E-state index contributed by atoms with van der Waals surface area (Å²) in [6, 6.07) is 14.0. The molecule has 1 amide bonds. The van der Waals surface area contributed by atoms with Gasteiger partial charge in [-0.1, -0.05) is 12.1 Å². The number of methoxy groups -OCH3 is 1. The summed E-state index contributed by atoms with van der Waals surface area (Å²) >= 11 is 0. The Bertz CT molecular complexity index is 741. The van der Waals surface area contributed by atoms with Gasteiger partial charge in [-0.2, -0.15) is 0 Å². The minimum Gasteiger partial charge on any atom is -0.497 e. The summed E-state index contributed by atoms with van der Waals surface area (Å²) in [7, 11) is 1.62. The Balaban J connectivity index is 1.32. The Morgan fingerprint density at radius 1 is 1.07 bits per heavy atom. The monoisotopic (exact) mass is 386 g/mol. The third-order valence-electron chi connectivity index (χ3n) is 5.01. The minimum atomic E-state index is -0.213. The number of rotatable bonds is 8. The van der Waals surface area contributed by atoms with Gasteiger partial charge in [-0.15, -0.1) is 0 Å². The Morgan fingerprint density at radius 2 is 1.71 bits per heavy atom. The van der Waals surface area contributed by atoms with Crippen LogP contribution >= 0.6 is 0 Å². The molecule has 2 aromatic carbocycles. The molecule has 5 nitrogen and oxygen atoms in total. The van der Waals surface area contributed by atoms with Crippen molar-refractivity contribution in [3.8, 4) is 11.5 Å². The van der Waals surface area contributed by atoms with Crippen LogP contribution in [-0.2, 0) is 11.3 Å². The van der Waals surface area contributed by atoms with Gasteiger partial charge in [0.25, 0.3) is 0 Å². The van der Waals surface area contributed by atoms with Crippen molar-refractivity contribution in [3.05, 3.63) is 59.9 Å². The molecule has 0 spiro atoms. The Kier molecular flexibility index (Phi) is 7.25. The van der Waals surface area contributed by atoms with E-state index in [2.05, 4.69) is 10.2 Å². The van der Waals surface area contributed by atoms with E-state index in [1.54, 1.807) is 7.11 Å². The number of hydrogen-bond donors (Lipinski definition) is 1. The number of carbonyl (C=O) groups excluding carboxylic acids is 1. The molecular weight excluding hydrogens is 359 g/mol. The normalized spacial score (nSPS) is 15.2. The molecule has 0 radical (unpaired) electrons. The second-order valence-corrected chi connectivity index (χ2v) is 6.99. The maximum absolute atomic E-state index is 13.0. The molecular formula is C22H27FN2O3. The first-order valence-electron chi connectivity index (χ1n) is 9.65. The molecule has 1 fully saturated rings. The lowest BCUT2D eigenvalue weighted by molar-refractivity contribution is -0.126. The van der Waals surface area contributed by atoms with Crippen LogP contribution in [0.25, 0.3) is 0 Å². The maximum Gasteiger partial charge on any atom is 0.223 e.